The number of alkyl halides is 1. The van der Waals surface area contributed by atoms with Crippen LogP contribution >= 0.6 is 11.6 Å². The number of rotatable bonds is 7. The highest BCUT2D eigenvalue weighted by atomic mass is 35.5. The van der Waals surface area contributed by atoms with Gasteiger partial charge in [-0.05, 0) is 44.9 Å². The average Bonchev–Trinajstić information content (AvgIpc) is 3.71. The summed E-state index contributed by atoms with van der Waals surface area (Å²) in [6, 6.07) is 5.44. The molecule has 42 heavy (non-hydrogen) atoms. The zero-order chi connectivity index (χ0) is 31.3. The summed E-state index contributed by atoms with van der Waals surface area (Å²) < 4.78 is 27.8. The molecule has 1 aliphatic rings. The van der Waals surface area contributed by atoms with Crippen LogP contribution in [-0.2, 0) is 11.2 Å². The highest BCUT2D eigenvalue weighted by molar-refractivity contribution is 6.15. The van der Waals surface area contributed by atoms with E-state index in [-0.39, 0.29) is 12.0 Å². The van der Waals surface area contributed by atoms with E-state index in [1.165, 1.54) is 27.7 Å². The number of amides is 1. The number of carbonyl (C=O) groups excluding carboxylic acids is 2. The molecule has 1 amide bonds. The van der Waals surface area contributed by atoms with Crippen LogP contribution in [0.5, 0.6) is 23.0 Å². The number of methoxy groups -OCH3 is 4. The summed E-state index contributed by atoms with van der Waals surface area (Å²) in [6.45, 7) is 10.1. The normalized spacial score (nSPS) is 11.9. The van der Waals surface area contributed by atoms with E-state index in [1.54, 1.807) is 24.1 Å². The topological polar surface area (TPSA) is 115 Å². The third-order valence-corrected chi connectivity index (χ3v) is 6.84. The van der Waals surface area contributed by atoms with E-state index in [1.807, 2.05) is 40.7 Å². The van der Waals surface area contributed by atoms with Gasteiger partial charge in [0.2, 0.25) is 5.75 Å². The maximum Gasteiger partial charge on any atom is 0.340 e. The first-order chi connectivity index (χ1) is 20.2. The summed E-state index contributed by atoms with van der Waals surface area (Å²) in [5.41, 5.74) is 4.46. The molecular formula is C31H40ClN3O7. The van der Waals surface area contributed by atoms with Gasteiger partial charge >= 0.3 is 5.97 Å². The van der Waals surface area contributed by atoms with Crippen LogP contribution < -0.4 is 23.8 Å². The number of esters is 1. The Labute approximate surface area is 251 Å². The van der Waals surface area contributed by atoms with E-state index in [4.69, 9.17) is 23.7 Å². The lowest BCUT2D eigenvalue weighted by Crippen LogP contribution is -2.29. The fourth-order valence-electron chi connectivity index (χ4n) is 5.28. The van der Waals surface area contributed by atoms with Crippen molar-refractivity contribution < 1.29 is 33.3 Å². The van der Waals surface area contributed by atoms with E-state index in [2.05, 4.69) is 21.6 Å². The Hall–Kier alpha value is -4.05. The Morgan fingerprint density at radius 2 is 1.57 bits per heavy atom. The van der Waals surface area contributed by atoms with Crippen LogP contribution in [0.1, 0.15) is 59.8 Å². The van der Waals surface area contributed by atoms with Crippen LogP contribution in [0.2, 0.25) is 0 Å². The van der Waals surface area contributed by atoms with E-state index in [0.717, 1.165) is 21.9 Å². The lowest BCUT2D eigenvalue weighted by Gasteiger charge is -2.19. The average molecular weight is 602 g/mol. The van der Waals surface area contributed by atoms with Gasteiger partial charge in [0.25, 0.3) is 5.91 Å². The molecule has 2 aromatic heterocycles. The van der Waals surface area contributed by atoms with Gasteiger partial charge in [-0.2, -0.15) is 0 Å². The first kappa shape index (κ1) is 32.5. The van der Waals surface area contributed by atoms with Gasteiger partial charge in [0.15, 0.2) is 11.5 Å². The molecule has 5 rings (SSSR count). The zero-order valence-electron chi connectivity index (χ0n) is 25.9. The molecule has 0 saturated heterocycles. The molecule has 2 N–H and O–H groups in total. The minimum Gasteiger partial charge on any atom is -0.493 e. The molecule has 0 unspecified atom stereocenters. The minimum absolute atomic E-state index is 0.113. The van der Waals surface area contributed by atoms with Crippen LogP contribution in [0.4, 0.5) is 5.69 Å². The van der Waals surface area contributed by atoms with E-state index in [9.17, 15) is 9.59 Å². The lowest BCUT2D eigenvalue weighted by atomic mass is 10.0. The second-order valence-corrected chi connectivity index (χ2v) is 9.40. The SMILES string of the molecule is CC.CCl.COC(=O)c1c(C)[nH]c2c(OC(C)C)cc3c(c12)CCN3C(=O)c1cc2cc(OC)c(OC)c(OC)c2[nH]1. The maximum atomic E-state index is 13.9. The Morgan fingerprint density at radius 3 is 2.14 bits per heavy atom. The first-order valence-corrected chi connectivity index (χ1v) is 14.4. The van der Waals surface area contributed by atoms with Crippen molar-refractivity contribution in [2.24, 2.45) is 0 Å². The number of nitrogens with one attached hydrogen (secondary N) is 2. The van der Waals surface area contributed by atoms with Gasteiger partial charge in [-0.15, -0.1) is 11.6 Å². The number of anilines is 1. The molecular weight excluding hydrogens is 562 g/mol. The summed E-state index contributed by atoms with van der Waals surface area (Å²) in [5.74, 6) is 1.29. The lowest BCUT2D eigenvalue weighted by molar-refractivity contribution is 0.0602. The maximum absolute atomic E-state index is 13.9. The Morgan fingerprint density at radius 1 is 0.905 bits per heavy atom. The van der Waals surface area contributed by atoms with Crippen molar-refractivity contribution in [3.63, 3.8) is 0 Å². The molecule has 1 aliphatic heterocycles. The minimum atomic E-state index is -0.437. The number of fused-ring (bicyclic) bond motifs is 4. The number of halogens is 1. The second-order valence-electron chi connectivity index (χ2n) is 9.40. The van der Waals surface area contributed by atoms with Gasteiger partial charge in [0, 0.05) is 35.5 Å². The molecule has 0 aliphatic carbocycles. The zero-order valence-corrected chi connectivity index (χ0v) is 26.7. The van der Waals surface area contributed by atoms with Gasteiger partial charge < -0.3 is 38.6 Å². The third kappa shape index (κ3) is 5.55. The molecule has 228 valence electrons. The second kappa shape index (κ2) is 13.7. The largest absolute Gasteiger partial charge is 0.493 e. The molecule has 3 heterocycles. The van der Waals surface area contributed by atoms with Gasteiger partial charge in [0.1, 0.15) is 11.4 Å². The van der Waals surface area contributed by atoms with Crippen LogP contribution in [0, 0.1) is 6.92 Å². The van der Waals surface area contributed by atoms with Crippen molar-refractivity contribution in [2.45, 2.75) is 47.1 Å². The number of aryl methyl sites for hydroxylation is 1. The molecule has 0 spiro atoms. The summed E-state index contributed by atoms with van der Waals surface area (Å²) >= 11 is 4.64. The quantitative estimate of drug-likeness (QED) is 0.180. The predicted molar refractivity (Wildman–Crippen MR) is 167 cm³/mol. The fourth-order valence-corrected chi connectivity index (χ4v) is 5.28. The number of aromatic amines is 2. The number of aromatic nitrogens is 2. The smallest absolute Gasteiger partial charge is 0.340 e. The number of benzene rings is 2. The molecule has 2 aromatic carbocycles. The van der Waals surface area contributed by atoms with Crippen molar-refractivity contribution in [2.75, 3.05) is 46.3 Å². The van der Waals surface area contributed by atoms with Crippen molar-refractivity contribution in [3.05, 3.63) is 40.7 Å². The first-order valence-electron chi connectivity index (χ1n) is 13.7. The predicted octanol–water partition coefficient (Wildman–Crippen LogP) is 6.64. The highest BCUT2D eigenvalue weighted by Crippen LogP contribution is 2.45. The Bertz CT molecular complexity index is 1590. The fraction of sp³-hybridized carbons (Fsp3) is 0.419. The van der Waals surface area contributed by atoms with Gasteiger partial charge in [0.05, 0.1) is 56.8 Å². The molecule has 10 nitrogen and oxygen atoms in total. The molecule has 0 radical (unpaired) electrons. The van der Waals surface area contributed by atoms with Crippen molar-refractivity contribution >= 4 is 51.0 Å². The number of hydrogen-bond donors (Lipinski definition) is 2. The van der Waals surface area contributed by atoms with Gasteiger partial charge in [-0.1, -0.05) is 13.8 Å². The molecule has 0 fully saturated rings. The van der Waals surface area contributed by atoms with Crippen molar-refractivity contribution in [1.29, 1.82) is 0 Å². The molecule has 0 atom stereocenters. The van der Waals surface area contributed by atoms with Crippen LogP contribution in [0.25, 0.3) is 21.8 Å². The number of ether oxygens (including phenoxy) is 5. The summed E-state index contributed by atoms with van der Waals surface area (Å²) in [5, 5.41) is 1.47. The molecule has 11 heteroatoms. The van der Waals surface area contributed by atoms with Gasteiger partial charge in [-0.25, -0.2) is 4.79 Å². The van der Waals surface area contributed by atoms with E-state index in [0.29, 0.717) is 64.1 Å². The molecule has 4 aromatic rings. The van der Waals surface area contributed by atoms with Crippen molar-refractivity contribution in [3.8, 4) is 23.0 Å². The third-order valence-electron chi connectivity index (χ3n) is 6.84. The molecule has 0 bridgehead atoms. The number of nitrogens with zero attached hydrogens (tertiary/aromatic N) is 1. The number of carbonyl (C=O) groups is 2. The Kier molecular flexibility index (Phi) is 10.6. The standard InChI is InChI=1S/C28H31N3O7.C2H6.CH3Cl/c1-13(2)38-19-12-18-16(22-21(28(33)37-7)14(3)29-24(19)22)8-9-31(18)27(32)17-10-15-11-20(34-4)25(35-5)26(36-6)23(15)30-17;2*1-2/h10-13,29-30H,8-9H2,1-7H3;1-2H3;1H3. The van der Waals surface area contributed by atoms with E-state index < -0.39 is 5.97 Å². The van der Waals surface area contributed by atoms with E-state index >= 15 is 0 Å². The Balaban J connectivity index is 0.00000116. The number of hydrogen-bond acceptors (Lipinski definition) is 7. The van der Waals surface area contributed by atoms with Gasteiger partial charge in [-0.3, -0.25) is 4.79 Å². The van der Waals surface area contributed by atoms with Crippen LogP contribution in [0.15, 0.2) is 18.2 Å². The monoisotopic (exact) mass is 601 g/mol. The number of H-pyrrole nitrogens is 2. The van der Waals surface area contributed by atoms with Crippen molar-refractivity contribution in [1.82, 2.24) is 9.97 Å². The summed E-state index contributed by atoms with van der Waals surface area (Å²) in [7, 11) is 5.98. The van der Waals surface area contributed by atoms with Crippen LogP contribution in [0.3, 0.4) is 0 Å². The summed E-state index contributed by atoms with van der Waals surface area (Å²) in [4.78, 5) is 34.9. The molecule has 0 saturated carbocycles. The highest BCUT2D eigenvalue weighted by Gasteiger charge is 2.33. The summed E-state index contributed by atoms with van der Waals surface area (Å²) in [6.07, 6.45) is 1.93. The van der Waals surface area contributed by atoms with Crippen LogP contribution in [-0.4, -0.2) is 69.3 Å².